The Morgan fingerprint density at radius 2 is 1.72 bits per heavy atom. The highest BCUT2D eigenvalue weighted by atomic mass is 16.5. The summed E-state index contributed by atoms with van der Waals surface area (Å²) in [6.07, 6.45) is 2.07. The van der Waals surface area contributed by atoms with E-state index in [0.717, 1.165) is 24.2 Å². The number of benzene rings is 2. The van der Waals surface area contributed by atoms with E-state index in [-0.39, 0.29) is 5.91 Å². The molecule has 1 amide bonds. The molecule has 0 bridgehead atoms. The van der Waals surface area contributed by atoms with Gasteiger partial charge in [-0.2, -0.15) is 0 Å². The molecule has 0 aromatic heterocycles. The number of amides is 1. The highest BCUT2D eigenvalue weighted by Gasteiger charge is 2.09. The first-order chi connectivity index (χ1) is 14.2. The van der Waals surface area contributed by atoms with Crippen molar-refractivity contribution in [1.82, 2.24) is 5.32 Å². The summed E-state index contributed by atoms with van der Waals surface area (Å²) in [4.78, 5) is 12.4. The molecule has 2 rings (SSSR count). The molecular weight excluding hydrogens is 370 g/mol. The summed E-state index contributed by atoms with van der Waals surface area (Å²) < 4.78 is 21.9. The van der Waals surface area contributed by atoms with Crippen LogP contribution in [0, 0.1) is 0 Å². The van der Waals surface area contributed by atoms with E-state index in [1.807, 2.05) is 25.1 Å². The van der Waals surface area contributed by atoms with Gasteiger partial charge in [-0.15, -0.1) is 0 Å². The quantitative estimate of drug-likeness (QED) is 0.509. The van der Waals surface area contributed by atoms with Crippen molar-refractivity contribution in [1.29, 1.82) is 0 Å². The third kappa shape index (κ3) is 7.66. The molecule has 0 aliphatic heterocycles. The predicted molar refractivity (Wildman–Crippen MR) is 113 cm³/mol. The minimum absolute atomic E-state index is 0.145. The van der Waals surface area contributed by atoms with Crippen molar-refractivity contribution < 1.29 is 23.7 Å². The second-order valence-electron chi connectivity index (χ2n) is 6.44. The normalized spacial score (nSPS) is 10.4. The smallest absolute Gasteiger partial charge is 0.251 e. The molecule has 0 fully saturated rings. The minimum atomic E-state index is -0.145. The maximum absolute atomic E-state index is 12.4. The van der Waals surface area contributed by atoms with Gasteiger partial charge in [-0.3, -0.25) is 4.79 Å². The Kier molecular flexibility index (Phi) is 9.86. The van der Waals surface area contributed by atoms with Gasteiger partial charge in [0, 0.05) is 18.7 Å². The number of carbonyl (C=O) groups excluding carboxylic acids is 1. The summed E-state index contributed by atoms with van der Waals surface area (Å²) in [7, 11) is 1.61. The Labute approximate surface area is 173 Å². The van der Waals surface area contributed by atoms with Gasteiger partial charge in [0.1, 0.15) is 12.4 Å². The number of rotatable bonds is 13. The summed E-state index contributed by atoms with van der Waals surface area (Å²) >= 11 is 0. The van der Waals surface area contributed by atoms with Gasteiger partial charge in [0.2, 0.25) is 0 Å². The van der Waals surface area contributed by atoms with Crippen molar-refractivity contribution >= 4 is 5.91 Å². The number of unbranched alkanes of at least 4 members (excludes halogenated alkanes) is 1. The fourth-order valence-corrected chi connectivity index (χ4v) is 2.62. The van der Waals surface area contributed by atoms with Crippen LogP contribution in [0.25, 0.3) is 0 Å². The highest BCUT2D eigenvalue weighted by Crippen LogP contribution is 2.28. The fourth-order valence-electron chi connectivity index (χ4n) is 2.62. The van der Waals surface area contributed by atoms with Gasteiger partial charge in [-0.1, -0.05) is 19.4 Å². The zero-order valence-electron chi connectivity index (χ0n) is 17.5. The molecule has 0 heterocycles. The highest BCUT2D eigenvalue weighted by molar-refractivity contribution is 5.94. The first-order valence-corrected chi connectivity index (χ1v) is 10.1. The number of nitrogens with one attached hydrogen (secondary N) is 1. The molecule has 6 heteroatoms. The van der Waals surface area contributed by atoms with Gasteiger partial charge in [-0.25, -0.2) is 0 Å². The lowest BCUT2D eigenvalue weighted by Gasteiger charge is -2.12. The summed E-state index contributed by atoms with van der Waals surface area (Å²) in [6.45, 7) is 6.83. The van der Waals surface area contributed by atoms with E-state index in [4.69, 9.17) is 18.9 Å². The lowest BCUT2D eigenvalue weighted by Crippen LogP contribution is -2.22. The van der Waals surface area contributed by atoms with Crippen molar-refractivity contribution in [2.45, 2.75) is 33.2 Å². The lowest BCUT2D eigenvalue weighted by atomic mass is 10.1. The maximum Gasteiger partial charge on any atom is 0.251 e. The van der Waals surface area contributed by atoms with Gasteiger partial charge >= 0.3 is 0 Å². The molecule has 0 aliphatic rings. The topological polar surface area (TPSA) is 66.0 Å². The van der Waals surface area contributed by atoms with Crippen LogP contribution >= 0.6 is 0 Å². The van der Waals surface area contributed by atoms with E-state index in [9.17, 15) is 4.79 Å². The Morgan fingerprint density at radius 1 is 0.931 bits per heavy atom. The van der Waals surface area contributed by atoms with Crippen molar-refractivity contribution in [2.24, 2.45) is 0 Å². The summed E-state index contributed by atoms with van der Waals surface area (Å²) in [5.41, 5.74) is 1.52. The molecule has 0 atom stereocenters. The van der Waals surface area contributed by atoms with Crippen molar-refractivity contribution in [3.8, 4) is 17.2 Å². The van der Waals surface area contributed by atoms with Gasteiger partial charge in [0.15, 0.2) is 11.5 Å². The monoisotopic (exact) mass is 401 g/mol. The van der Waals surface area contributed by atoms with E-state index in [2.05, 4.69) is 12.2 Å². The average Bonchev–Trinajstić information content (AvgIpc) is 2.76. The van der Waals surface area contributed by atoms with E-state index < -0.39 is 0 Å². The number of methoxy groups -OCH3 is 1. The molecule has 29 heavy (non-hydrogen) atoms. The van der Waals surface area contributed by atoms with Crippen molar-refractivity contribution in [2.75, 3.05) is 33.5 Å². The molecule has 0 aliphatic carbocycles. The van der Waals surface area contributed by atoms with Gasteiger partial charge in [-0.05, 0) is 55.3 Å². The predicted octanol–water partition coefficient (Wildman–Crippen LogP) is 4.22. The summed E-state index contributed by atoms with van der Waals surface area (Å²) in [5.74, 6) is 1.95. The lowest BCUT2D eigenvalue weighted by molar-refractivity contribution is 0.0950. The molecule has 6 nitrogen and oxygen atoms in total. The van der Waals surface area contributed by atoms with E-state index in [1.165, 1.54) is 0 Å². The Bertz CT molecular complexity index is 745. The van der Waals surface area contributed by atoms with Gasteiger partial charge in [0.25, 0.3) is 5.91 Å². The van der Waals surface area contributed by atoms with Crippen LogP contribution in [0.4, 0.5) is 0 Å². The molecule has 2 aromatic carbocycles. The second-order valence-corrected chi connectivity index (χ2v) is 6.44. The Hall–Kier alpha value is -2.73. The van der Waals surface area contributed by atoms with E-state index >= 15 is 0 Å². The number of carbonyl (C=O) groups is 1. The molecule has 0 unspecified atom stereocenters. The largest absolute Gasteiger partial charge is 0.493 e. The summed E-state index contributed by atoms with van der Waals surface area (Å²) in [5, 5.41) is 2.92. The van der Waals surface area contributed by atoms with Crippen LogP contribution in [0.15, 0.2) is 42.5 Å². The van der Waals surface area contributed by atoms with Crippen LogP contribution in [0.5, 0.6) is 17.2 Å². The Balaban J connectivity index is 1.86. The van der Waals surface area contributed by atoms with Crippen molar-refractivity contribution in [3.05, 3.63) is 53.6 Å². The van der Waals surface area contributed by atoms with Crippen molar-refractivity contribution in [3.63, 3.8) is 0 Å². The fraction of sp³-hybridized carbons (Fsp3) is 0.435. The molecule has 2 aromatic rings. The zero-order chi connectivity index (χ0) is 20.9. The number of hydrogen-bond acceptors (Lipinski definition) is 5. The Morgan fingerprint density at radius 3 is 2.41 bits per heavy atom. The maximum atomic E-state index is 12.4. The first-order valence-electron chi connectivity index (χ1n) is 10.1. The standard InChI is InChI=1S/C23H31NO5/c1-4-6-13-29-21-12-7-18(16-22(21)26-3)17-24-23(25)19-8-10-20(11-9-19)28-15-14-27-5-2/h7-12,16H,4-6,13-15,17H2,1-3H3,(H,24,25). The molecule has 0 saturated carbocycles. The van der Waals surface area contributed by atoms with Crippen LogP contribution in [-0.2, 0) is 11.3 Å². The van der Waals surface area contributed by atoms with Crippen LogP contribution in [-0.4, -0.2) is 39.4 Å². The SMILES string of the molecule is CCCCOc1ccc(CNC(=O)c2ccc(OCCOCC)cc2)cc1OC. The van der Waals surface area contributed by atoms with Crippen LogP contribution < -0.4 is 19.5 Å². The average molecular weight is 402 g/mol. The third-order valence-corrected chi connectivity index (χ3v) is 4.25. The van der Waals surface area contributed by atoms with Gasteiger partial charge < -0.3 is 24.3 Å². The zero-order valence-corrected chi connectivity index (χ0v) is 17.5. The number of hydrogen-bond donors (Lipinski definition) is 1. The summed E-state index contributed by atoms with van der Waals surface area (Å²) in [6, 6.07) is 12.8. The number of ether oxygens (including phenoxy) is 4. The molecule has 0 spiro atoms. The molecule has 0 radical (unpaired) electrons. The van der Waals surface area contributed by atoms with Crippen LogP contribution in [0.1, 0.15) is 42.6 Å². The van der Waals surface area contributed by atoms with E-state index in [0.29, 0.717) is 50.0 Å². The first kappa shape index (κ1) is 22.6. The molecule has 1 N–H and O–H groups in total. The molecule has 158 valence electrons. The van der Waals surface area contributed by atoms with Gasteiger partial charge in [0.05, 0.1) is 20.3 Å². The molecule has 0 saturated heterocycles. The molecular formula is C23H31NO5. The minimum Gasteiger partial charge on any atom is -0.493 e. The van der Waals surface area contributed by atoms with E-state index in [1.54, 1.807) is 31.4 Å². The third-order valence-electron chi connectivity index (χ3n) is 4.25. The van der Waals surface area contributed by atoms with Crippen LogP contribution in [0.3, 0.4) is 0 Å². The van der Waals surface area contributed by atoms with Crippen LogP contribution in [0.2, 0.25) is 0 Å². The second kappa shape index (κ2) is 12.7.